The predicted molar refractivity (Wildman–Crippen MR) is 97.3 cm³/mol. The zero-order chi connectivity index (χ0) is 19.1. The lowest BCUT2D eigenvalue weighted by molar-refractivity contribution is -0.171. The van der Waals surface area contributed by atoms with E-state index in [4.69, 9.17) is 4.74 Å². The molecule has 1 aromatic rings. The lowest BCUT2D eigenvalue weighted by Gasteiger charge is -2.63. The van der Waals surface area contributed by atoms with Gasteiger partial charge in [-0.05, 0) is 43.9 Å². The number of benzene rings is 1. The van der Waals surface area contributed by atoms with Crippen molar-refractivity contribution in [3.63, 3.8) is 0 Å². The van der Waals surface area contributed by atoms with Crippen LogP contribution in [0.2, 0.25) is 0 Å². The minimum absolute atomic E-state index is 0.256. The Balaban J connectivity index is 1.43. The lowest BCUT2D eigenvalue weighted by Crippen LogP contribution is -2.72. The molecule has 1 aromatic carbocycles. The van der Waals surface area contributed by atoms with Gasteiger partial charge in [0.2, 0.25) is 0 Å². The molecular weight excluding hydrogens is 355 g/mol. The van der Waals surface area contributed by atoms with Crippen LogP contribution in [0, 0.1) is 11.3 Å². The minimum atomic E-state index is -4.31. The van der Waals surface area contributed by atoms with Crippen LogP contribution < -0.4 is 10.6 Å². The fourth-order valence-electron chi connectivity index (χ4n) is 4.89. The van der Waals surface area contributed by atoms with E-state index in [1.807, 2.05) is 6.92 Å². The van der Waals surface area contributed by atoms with Gasteiger partial charge in [0.15, 0.2) is 5.96 Å². The molecule has 1 heterocycles. The first kappa shape index (κ1) is 18.6. The highest BCUT2D eigenvalue weighted by atomic mass is 19.4. The summed E-state index contributed by atoms with van der Waals surface area (Å²) < 4.78 is 44.0. The molecule has 7 heteroatoms. The van der Waals surface area contributed by atoms with Gasteiger partial charge in [0, 0.05) is 30.5 Å². The van der Waals surface area contributed by atoms with E-state index in [1.165, 1.54) is 31.4 Å². The maximum absolute atomic E-state index is 12.7. The fourth-order valence-corrected chi connectivity index (χ4v) is 4.89. The van der Waals surface area contributed by atoms with Crippen molar-refractivity contribution < 1.29 is 17.9 Å². The van der Waals surface area contributed by atoms with E-state index in [0.717, 1.165) is 43.2 Å². The fraction of sp³-hybridized carbons (Fsp3) is 0.650. The van der Waals surface area contributed by atoms with Crippen molar-refractivity contribution in [1.82, 2.24) is 10.6 Å². The summed E-state index contributed by atoms with van der Waals surface area (Å²) in [5, 5.41) is 6.87. The summed E-state index contributed by atoms with van der Waals surface area (Å²) in [6.07, 6.45) is 0.821. The van der Waals surface area contributed by atoms with E-state index in [-0.39, 0.29) is 5.41 Å². The number of hydrogen-bond donors (Lipinski definition) is 2. The van der Waals surface area contributed by atoms with Gasteiger partial charge in [-0.25, -0.2) is 4.99 Å². The Morgan fingerprint density at radius 3 is 2.59 bits per heavy atom. The third kappa shape index (κ3) is 3.30. The molecule has 1 spiro atoms. The number of halogens is 3. The number of alkyl halides is 3. The molecule has 2 N–H and O–H groups in total. The summed E-state index contributed by atoms with van der Waals surface area (Å²) in [5.41, 5.74) is 0.384. The van der Waals surface area contributed by atoms with Gasteiger partial charge < -0.3 is 15.4 Å². The van der Waals surface area contributed by atoms with Crippen LogP contribution in [0.5, 0.6) is 0 Å². The summed E-state index contributed by atoms with van der Waals surface area (Å²) in [7, 11) is 0. The molecule has 2 aliphatic carbocycles. The topological polar surface area (TPSA) is 45.7 Å². The third-order valence-corrected chi connectivity index (χ3v) is 6.37. The molecule has 4 nitrogen and oxygen atoms in total. The average Bonchev–Trinajstić information content (AvgIpc) is 3.00. The number of rotatable bonds is 4. The monoisotopic (exact) mass is 381 g/mol. The van der Waals surface area contributed by atoms with E-state index < -0.39 is 11.7 Å². The van der Waals surface area contributed by atoms with E-state index >= 15 is 0 Å². The summed E-state index contributed by atoms with van der Waals surface area (Å²) >= 11 is 0. The number of fused-ring (bicyclic) bond motifs is 2. The molecule has 1 saturated heterocycles. The van der Waals surface area contributed by atoms with Crippen molar-refractivity contribution in [2.45, 2.75) is 57.5 Å². The summed E-state index contributed by atoms with van der Waals surface area (Å²) in [6.45, 7) is 3.94. The Labute approximate surface area is 157 Å². The molecule has 0 aromatic heterocycles. The van der Waals surface area contributed by atoms with Gasteiger partial charge in [-0.15, -0.1) is 0 Å². The molecular formula is C20H26F3N3O. The van der Waals surface area contributed by atoms with Crippen LogP contribution in [0.25, 0.3) is 0 Å². The van der Waals surface area contributed by atoms with Crippen LogP contribution in [0.4, 0.5) is 13.2 Å². The second kappa shape index (κ2) is 7.00. The Morgan fingerprint density at radius 1 is 1.26 bits per heavy atom. The second-order valence-electron chi connectivity index (χ2n) is 7.84. The van der Waals surface area contributed by atoms with Crippen molar-refractivity contribution in [3.8, 4) is 0 Å². The van der Waals surface area contributed by atoms with Crippen LogP contribution in [-0.4, -0.2) is 31.3 Å². The van der Waals surface area contributed by atoms with E-state index in [9.17, 15) is 13.2 Å². The average molecular weight is 381 g/mol. The summed E-state index contributed by atoms with van der Waals surface area (Å²) in [5.74, 6) is 1.28. The quantitative estimate of drug-likeness (QED) is 0.617. The summed E-state index contributed by atoms with van der Waals surface area (Å²) in [6, 6.07) is 5.59. The molecule has 2 saturated carbocycles. The molecule has 3 aliphatic rings. The van der Waals surface area contributed by atoms with Crippen LogP contribution in [0.1, 0.15) is 43.7 Å². The number of ether oxygens (including phenoxy) is 1. The van der Waals surface area contributed by atoms with Crippen molar-refractivity contribution in [2.24, 2.45) is 16.3 Å². The van der Waals surface area contributed by atoms with Gasteiger partial charge >= 0.3 is 6.18 Å². The Morgan fingerprint density at radius 2 is 2.00 bits per heavy atom. The Bertz CT molecular complexity index is 697. The zero-order valence-electron chi connectivity index (χ0n) is 15.5. The Kier molecular flexibility index (Phi) is 4.82. The normalized spacial score (nSPS) is 29.0. The highest BCUT2D eigenvalue weighted by molar-refractivity contribution is 5.80. The van der Waals surface area contributed by atoms with Crippen LogP contribution in [-0.2, 0) is 17.5 Å². The van der Waals surface area contributed by atoms with E-state index in [2.05, 4.69) is 15.6 Å². The number of hydrogen-bond acceptors (Lipinski definition) is 2. The first-order valence-corrected chi connectivity index (χ1v) is 9.76. The maximum atomic E-state index is 12.7. The van der Waals surface area contributed by atoms with E-state index in [1.54, 1.807) is 0 Å². The number of nitrogens with one attached hydrogen (secondary N) is 2. The maximum Gasteiger partial charge on any atom is 0.416 e. The van der Waals surface area contributed by atoms with Crippen molar-refractivity contribution in [3.05, 3.63) is 35.4 Å². The Hall–Kier alpha value is -1.76. The van der Waals surface area contributed by atoms with Crippen molar-refractivity contribution in [2.75, 3.05) is 13.2 Å². The van der Waals surface area contributed by atoms with Crippen LogP contribution in [0.3, 0.4) is 0 Å². The lowest BCUT2D eigenvalue weighted by atomic mass is 9.46. The first-order valence-electron chi connectivity index (χ1n) is 9.76. The second-order valence-corrected chi connectivity index (χ2v) is 7.84. The van der Waals surface area contributed by atoms with Crippen molar-refractivity contribution >= 4 is 5.96 Å². The molecule has 4 rings (SSSR count). The largest absolute Gasteiger partial charge is 0.416 e. The van der Waals surface area contributed by atoms with Gasteiger partial charge in [-0.1, -0.05) is 18.6 Å². The van der Waals surface area contributed by atoms with Crippen LogP contribution >= 0.6 is 0 Å². The molecule has 3 unspecified atom stereocenters. The number of nitrogens with zero attached hydrogens (tertiary/aromatic N) is 1. The number of aliphatic imine (C=N–C) groups is 1. The highest BCUT2D eigenvalue weighted by Crippen LogP contribution is 2.62. The zero-order valence-corrected chi connectivity index (χ0v) is 15.5. The first-order chi connectivity index (χ1) is 12.9. The van der Waals surface area contributed by atoms with E-state index in [0.29, 0.717) is 24.6 Å². The number of guanidine groups is 1. The molecule has 3 fully saturated rings. The molecule has 0 radical (unpaired) electrons. The molecule has 1 aliphatic heterocycles. The molecule has 0 amide bonds. The molecule has 27 heavy (non-hydrogen) atoms. The summed E-state index contributed by atoms with van der Waals surface area (Å²) in [4.78, 5) is 4.61. The molecule has 3 atom stereocenters. The highest BCUT2D eigenvalue weighted by Gasteiger charge is 2.66. The van der Waals surface area contributed by atoms with Crippen LogP contribution in [0.15, 0.2) is 29.3 Å². The minimum Gasteiger partial charge on any atom is -0.377 e. The standard InChI is InChI=1S/C20H26F3N3O/c1-2-24-18(25-12-13-4-6-14(7-5-13)20(21,22)23)26-16-15-8-11-27-17(15)19(16)9-3-10-19/h4-7,15-17H,2-3,8-12H2,1H3,(H2,24,25,26). The molecule has 148 valence electrons. The van der Waals surface area contributed by atoms with Gasteiger partial charge in [0.25, 0.3) is 0 Å². The third-order valence-electron chi connectivity index (χ3n) is 6.37. The predicted octanol–water partition coefficient (Wildman–Crippen LogP) is 3.72. The van der Waals surface area contributed by atoms with Crippen molar-refractivity contribution in [1.29, 1.82) is 0 Å². The molecule has 0 bridgehead atoms. The van der Waals surface area contributed by atoms with Gasteiger partial charge in [-0.2, -0.15) is 13.2 Å². The van der Waals surface area contributed by atoms with Gasteiger partial charge in [-0.3, -0.25) is 0 Å². The smallest absolute Gasteiger partial charge is 0.377 e. The van der Waals surface area contributed by atoms with Gasteiger partial charge in [0.05, 0.1) is 18.2 Å². The van der Waals surface area contributed by atoms with Gasteiger partial charge in [0.1, 0.15) is 0 Å². The SMILES string of the molecule is CCNC(=NCc1ccc(C(F)(F)F)cc1)NC1C2CCOC2C12CCC2.